The SMILES string of the molecule is COc1cccc2sc(Nc3nnc(-c4ccc(OC(C)C)cc4)o3)nc12. The van der Waals surface area contributed by atoms with Crippen LogP contribution in [0.15, 0.2) is 46.9 Å². The number of methoxy groups -OCH3 is 1. The number of nitrogens with zero attached hydrogens (tertiary/aromatic N) is 3. The zero-order valence-corrected chi connectivity index (χ0v) is 15.9. The third-order valence-corrected chi connectivity index (χ3v) is 4.65. The highest BCUT2D eigenvalue weighted by atomic mass is 32.1. The van der Waals surface area contributed by atoms with Crippen LogP contribution in [0.5, 0.6) is 11.5 Å². The topological polar surface area (TPSA) is 82.3 Å². The first-order valence-corrected chi connectivity index (χ1v) is 9.25. The molecule has 0 atom stereocenters. The maximum atomic E-state index is 5.71. The van der Waals surface area contributed by atoms with E-state index in [-0.39, 0.29) is 12.1 Å². The van der Waals surface area contributed by atoms with Gasteiger partial charge in [-0.3, -0.25) is 5.32 Å². The van der Waals surface area contributed by atoms with Crippen molar-refractivity contribution in [3.63, 3.8) is 0 Å². The number of fused-ring (bicyclic) bond motifs is 1. The zero-order valence-electron chi connectivity index (χ0n) is 15.1. The molecule has 0 radical (unpaired) electrons. The van der Waals surface area contributed by atoms with E-state index in [1.165, 1.54) is 11.3 Å². The Hall–Kier alpha value is -3.13. The Bertz CT molecular complexity index is 1060. The lowest BCUT2D eigenvalue weighted by atomic mass is 10.2. The van der Waals surface area contributed by atoms with Crippen LogP contribution in [0.25, 0.3) is 21.7 Å². The molecular formula is C19H18N4O3S. The molecule has 8 heteroatoms. The van der Waals surface area contributed by atoms with Crippen LogP contribution in [0.3, 0.4) is 0 Å². The minimum Gasteiger partial charge on any atom is -0.494 e. The molecule has 4 aromatic rings. The Morgan fingerprint density at radius 1 is 1.07 bits per heavy atom. The number of ether oxygens (including phenoxy) is 2. The van der Waals surface area contributed by atoms with Crippen molar-refractivity contribution in [2.24, 2.45) is 0 Å². The molecular weight excluding hydrogens is 364 g/mol. The molecule has 0 bridgehead atoms. The summed E-state index contributed by atoms with van der Waals surface area (Å²) in [5.41, 5.74) is 1.62. The normalized spacial score (nSPS) is 11.1. The molecule has 0 aliphatic rings. The highest BCUT2D eigenvalue weighted by Gasteiger charge is 2.13. The molecule has 2 aromatic heterocycles. The van der Waals surface area contributed by atoms with E-state index in [0.29, 0.717) is 11.0 Å². The van der Waals surface area contributed by atoms with E-state index in [2.05, 4.69) is 20.5 Å². The molecule has 2 aromatic carbocycles. The number of para-hydroxylation sites is 1. The average Bonchev–Trinajstić information content (AvgIpc) is 3.28. The van der Waals surface area contributed by atoms with Crippen molar-refractivity contribution in [1.29, 1.82) is 0 Å². The first-order chi connectivity index (χ1) is 13.1. The van der Waals surface area contributed by atoms with Crippen LogP contribution in [-0.4, -0.2) is 28.4 Å². The standard InChI is InChI=1S/C19H18N4O3S/c1-11(2)25-13-9-7-12(8-10-13)17-22-23-18(26-17)21-19-20-16-14(24-3)5-4-6-15(16)27-19/h4-11H,1-3H3,(H,20,21,23). The molecule has 0 saturated heterocycles. The molecule has 0 amide bonds. The summed E-state index contributed by atoms with van der Waals surface area (Å²) in [5.74, 6) is 1.95. The van der Waals surface area contributed by atoms with Gasteiger partial charge in [0.15, 0.2) is 5.13 Å². The molecule has 138 valence electrons. The monoisotopic (exact) mass is 382 g/mol. The molecule has 27 heavy (non-hydrogen) atoms. The van der Waals surface area contributed by atoms with E-state index in [1.54, 1.807) is 7.11 Å². The molecule has 0 fully saturated rings. The Morgan fingerprint density at radius 2 is 1.89 bits per heavy atom. The fraction of sp³-hybridized carbons (Fsp3) is 0.211. The molecule has 4 rings (SSSR count). The van der Waals surface area contributed by atoms with Crippen LogP contribution in [0, 0.1) is 0 Å². The lowest BCUT2D eigenvalue weighted by molar-refractivity contribution is 0.242. The maximum absolute atomic E-state index is 5.71. The van der Waals surface area contributed by atoms with Gasteiger partial charge in [-0.2, -0.15) is 0 Å². The predicted octanol–water partition coefficient (Wildman–Crippen LogP) is 4.89. The molecule has 0 saturated carbocycles. The summed E-state index contributed by atoms with van der Waals surface area (Å²) < 4.78 is 17.7. The van der Waals surface area contributed by atoms with Crippen LogP contribution < -0.4 is 14.8 Å². The van der Waals surface area contributed by atoms with Crippen LogP contribution in [-0.2, 0) is 0 Å². The van der Waals surface area contributed by atoms with Gasteiger partial charge in [-0.25, -0.2) is 4.98 Å². The summed E-state index contributed by atoms with van der Waals surface area (Å²) in [4.78, 5) is 4.54. The van der Waals surface area contributed by atoms with Gasteiger partial charge in [0, 0.05) is 5.56 Å². The van der Waals surface area contributed by atoms with Crippen molar-refractivity contribution >= 4 is 32.7 Å². The summed E-state index contributed by atoms with van der Waals surface area (Å²) in [6, 6.07) is 13.6. The predicted molar refractivity (Wildman–Crippen MR) is 105 cm³/mol. The van der Waals surface area contributed by atoms with Gasteiger partial charge in [0.1, 0.15) is 17.0 Å². The number of aromatic nitrogens is 3. The second kappa shape index (κ2) is 7.24. The number of benzene rings is 2. The third kappa shape index (κ3) is 3.70. The van der Waals surface area contributed by atoms with Crippen molar-refractivity contribution in [2.45, 2.75) is 20.0 Å². The molecule has 0 spiro atoms. The quantitative estimate of drug-likeness (QED) is 0.508. The van der Waals surface area contributed by atoms with Gasteiger partial charge < -0.3 is 13.9 Å². The first kappa shape index (κ1) is 17.3. The lowest BCUT2D eigenvalue weighted by Gasteiger charge is -2.09. The smallest absolute Gasteiger partial charge is 0.322 e. The number of anilines is 2. The van der Waals surface area contributed by atoms with Crippen LogP contribution in [0.4, 0.5) is 11.1 Å². The second-order valence-corrected chi connectivity index (χ2v) is 7.09. The minimum absolute atomic E-state index is 0.127. The van der Waals surface area contributed by atoms with Gasteiger partial charge in [0.2, 0.25) is 5.89 Å². The number of rotatable bonds is 6. The van der Waals surface area contributed by atoms with E-state index in [9.17, 15) is 0 Å². The third-order valence-electron chi connectivity index (χ3n) is 3.71. The molecule has 0 unspecified atom stereocenters. The van der Waals surface area contributed by atoms with E-state index >= 15 is 0 Å². The van der Waals surface area contributed by atoms with E-state index in [0.717, 1.165) is 27.3 Å². The Morgan fingerprint density at radius 3 is 2.63 bits per heavy atom. The molecule has 7 nitrogen and oxygen atoms in total. The molecule has 0 aliphatic carbocycles. The molecule has 0 aliphatic heterocycles. The van der Waals surface area contributed by atoms with Gasteiger partial charge in [-0.1, -0.05) is 22.5 Å². The highest BCUT2D eigenvalue weighted by Crippen LogP contribution is 2.33. The molecule has 2 heterocycles. The molecule has 1 N–H and O–H groups in total. The van der Waals surface area contributed by atoms with Gasteiger partial charge in [0.25, 0.3) is 0 Å². The maximum Gasteiger partial charge on any atom is 0.322 e. The second-order valence-electron chi connectivity index (χ2n) is 6.05. The van der Waals surface area contributed by atoms with E-state index < -0.39 is 0 Å². The fourth-order valence-corrected chi connectivity index (χ4v) is 3.44. The first-order valence-electron chi connectivity index (χ1n) is 8.43. The van der Waals surface area contributed by atoms with Crippen molar-refractivity contribution in [3.05, 3.63) is 42.5 Å². The summed E-state index contributed by atoms with van der Waals surface area (Å²) >= 11 is 1.49. The van der Waals surface area contributed by atoms with E-state index in [1.807, 2.05) is 56.3 Å². The summed E-state index contributed by atoms with van der Waals surface area (Å²) in [5, 5.41) is 11.9. The Kier molecular flexibility index (Phi) is 4.64. The van der Waals surface area contributed by atoms with Crippen LogP contribution in [0.2, 0.25) is 0 Å². The van der Waals surface area contributed by atoms with Crippen molar-refractivity contribution < 1.29 is 13.9 Å². The fourth-order valence-electron chi connectivity index (χ4n) is 2.57. The Labute approximate surface area is 160 Å². The summed E-state index contributed by atoms with van der Waals surface area (Å²) in [6.07, 6.45) is 0.127. The van der Waals surface area contributed by atoms with E-state index in [4.69, 9.17) is 13.9 Å². The van der Waals surface area contributed by atoms with Gasteiger partial charge in [0.05, 0.1) is 17.9 Å². The lowest BCUT2D eigenvalue weighted by Crippen LogP contribution is -2.05. The zero-order chi connectivity index (χ0) is 18.8. The average molecular weight is 382 g/mol. The van der Waals surface area contributed by atoms with Crippen molar-refractivity contribution in [1.82, 2.24) is 15.2 Å². The highest BCUT2D eigenvalue weighted by molar-refractivity contribution is 7.22. The number of hydrogen-bond acceptors (Lipinski definition) is 8. The van der Waals surface area contributed by atoms with Gasteiger partial charge >= 0.3 is 6.01 Å². The number of hydrogen-bond donors (Lipinski definition) is 1. The van der Waals surface area contributed by atoms with Crippen LogP contribution >= 0.6 is 11.3 Å². The van der Waals surface area contributed by atoms with Gasteiger partial charge in [-0.05, 0) is 50.2 Å². The summed E-state index contributed by atoms with van der Waals surface area (Å²) in [7, 11) is 1.63. The van der Waals surface area contributed by atoms with Crippen molar-refractivity contribution in [3.8, 4) is 23.0 Å². The number of thiazole rings is 1. The number of nitrogens with one attached hydrogen (secondary N) is 1. The van der Waals surface area contributed by atoms with Gasteiger partial charge in [-0.15, -0.1) is 5.10 Å². The summed E-state index contributed by atoms with van der Waals surface area (Å²) in [6.45, 7) is 3.98. The van der Waals surface area contributed by atoms with Crippen molar-refractivity contribution in [2.75, 3.05) is 12.4 Å². The Balaban J connectivity index is 1.53. The van der Waals surface area contributed by atoms with Crippen LogP contribution in [0.1, 0.15) is 13.8 Å². The minimum atomic E-state index is 0.127. The largest absolute Gasteiger partial charge is 0.494 e.